The fraction of sp³-hybridized carbons (Fsp3) is 0.571. The van der Waals surface area contributed by atoms with Crippen molar-refractivity contribution in [3.05, 3.63) is 28.2 Å². The van der Waals surface area contributed by atoms with E-state index in [9.17, 15) is 5.11 Å². The van der Waals surface area contributed by atoms with Gasteiger partial charge in [-0.25, -0.2) is 0 Å². The van der Waals surface area contributed by atoms with Crippen LogP contribution in [0.2, 0.25) is 0 Å². The van der Waals surface area contributed by atoms with Gasteiger partial charge >= 0.3 is 0 Å². The summed E-state index contributed by atoms with van der Waals surface area (Å²) >= 11 is 3.50. The van der Waals surface area contributed by atoms with Gasteiger partial charge < -0.3 is 19.9 Å². The van der Waals surface area contributed by atoms with E-state index >= 15 is 0 Å². The summed E-state index contributed by atoms with van der Waals surface area (Å²) in [5, 5.41) is 13.1. The Hall–Kier alpha value is -0.620. The summed E-state index contributed by atoms with van der Waals surface area (Å²) < 4.78 is 11.7. The van der Waals surface area contributed by atoms with Gasteiger partial charge in [-0.1, -0.05) is 15.9 Å². The molecular formula is C14H20BrNO3. The maximum atomic E-state index is 9.72. The van der Waals surface area contributed by atoms with Crippen LogP contribution < -0.4 is 10.1 Å². The van der Waals surface area contributed by atoms with Crippen LogP contribution in [0.1, 0.15) is 24.4 Å². The first-order valence-corrected chi connectivity index (χ1v) is 7.32. The Morgan fingerprint density at radius 2 is 2.42 bits per heavy atom. The predicted molar refractivity (Wildman–Crippen MR) is 77.5 cm³/mol. The molecule has 0 spiro atoms. The van der Waals surface area contributed by atoms with Gasteiger partial charge in [0.2, 0.25) is 0 Å². The van der Waals surface area contributed by atoms with Crippen LogP contribution in [0.4, 0.5) is 0 Å². The first-order valence-electron chi connectivity index (χ1n) is 6.53. The highest BCUT2D eigenvalue weighted by Crippen LogP contribution is 2.33. The molecule has 1 unspecified atom stereocenters. The molecule has 4 nitrogen and oxygen atoms in total. The van der Waals surface area contributed by atoms with Gasteiger partial charge in [-0.3, -0.25) is 0 Å². The smallest absolute Gasteiger partial charge is 0.124 e. The second-order valence-electron chi connectivity index (χ2n) is 4.74. The van der Waals surface area contributed by atoms with Crippen molar-refractivity contribution in [1.82, 2.24) is 5.32 Å². The fourth-order valence-corrected chi connectivity index (χ4v) is 2.67. The zero-order valence-corrected chi connectivity index (χ0v) is 12.6. The summed E-state index contributed by atoms with van der Waals surface area (Å²) in [5.41, 5.74) is 1.15. The van der Waals surface area contributed by atoms with Crippen LogP contribution in [-0.4, -0.2) is 38.1 Å². The molecule has 1 aromatic carbocycles. The topological polar surface area (TPSA) is 50.7 Å². The van der Waals surface area contributed by atoms with Gasteiger partial charge in [-0.15, -0.1) is 0 Å². The monoisotopic (exact) mass is 329 g/mol. The van der Waals surface area contributed by atoms with Crippen LogP contribution in [0.5, 0.6) is 5.75 Å². The van der Waals surface area contributed by atoms with Gasteiger partial charge in [-0.05, 0) is 31.0 Å². The van der Waals surface area contributed by atoms with Crippen LogP contribution in [-0.2, 0) is 4.74 Å². The quantitative estimate of drug-likeness (QED) is 0.870. The fourth-order valence-electron chi connectivity index (χ4n) is 2.29. The van der Waals surface area contributed by atoms with Crippen LogP contribution >= 0.6 is 15.9 Å². The second-order valence-corrected chi connectivity index (χ2v) is 5.66. The van der Waals surface area contributed by atoms with E-state index in [2.05, 4.69) is 27.3 Å². The van der Waals surface area contributed by atoms with E-state index in [1.54, 1.807) is 7.11 Å². The molecule has 2 atom stereocenters. The summed E-state index contributed by atoms with van der Waals surface area (Å²) in [6, 6.07) is 6.27. The third-order valence-electron chi connectivity index (χ3n) is 3.20. The van der Waals surface area contributed by atoms with Gasteiger partial charge in [0.1, 0.15) is 5.75 Å². The summed E-state index contributed by atoms with van der Waals surface area (Å²) in [6.45, 7) is 1.61. The van der Waals surface area contributed by atoms with Crippen LogP contribution in [0.3, 0.4) is 0 Å². The van der Waals surface area contributed by atoms with E-state index in [0.29, 0.717) is 13.2 Å². The van der Waals surface area contributed by atoms with Gasteiger partial charge in [0.05, 0.1) is 19.3 Å². The molecule has 1 aliphatic heterocycles. The highest BCUT2D eigenvalue weighted by Gasteiger charge is 2.20. The minimum atomic E-state index is -0.482. The molecule has 0 saturated heterocycles. The number of ether oxygens (including phenoxy) is 2. The molecule has 2 rings (SSSR count). The molecule has 1 aromatic rings. The van der Waals surface area contributed by atoms with E-state index in [4.69, 9.17) is 9.47 Å². The standard InChI is InChI=1S/C14H20BrNO3/c1-18-9-11(17)8-16-13-3-2-6-19-14-5-4-10(15)7-12(13)14/h4-5,7,11,13,16-17H,2-3,6,8-9H2,1H3/t11-,13?/m0/s1. The molecule has 0 fully saturated rings. The Bertz CT molecular complexity index is 414. The number of halogens is 1. The van der Waals surface area contributed by atoms with Gasteiger partial charge in [0.15, 0.2) is 0 Å². The Labute approximate surface area is 122 Å². The number of aliphatic hydroxyl groups is 1. The molecular weight excluding hydrogens is 310 g/mol. The largest absolute Gasteiger partial charge is 0.493 e. The zero-order valence-electron chi connectivity index (χ0n) is 11.1. The molecule has 0 saturated carbocycles. The molecule has 0 aromatic heterocycles. The summed E-state index contributed by atoms with van der Waals surface area (Å²) in [5.74, 6) is 0.930. The average Bonchev–Trinajstić information content (AvgIpc) is 2.59. The Morgan fingerprint density at radius 3 is 3.21 bits per heavy atom. The molecule has 0 aliphatic carbocycles. The second kappa shape index (κ2) is 7.24. The first kappa shape index (κ1) is 14.8. The minimum Gasteiger partial charge on any atom is -0.493 e. The van der Waals surface area contributed by atoms with Gasteiger partial charge in [-0.2, -0.15) is 0 Å². The lowest BCUT2D eigenvalue weighted by atomic mass is 10.0. The van der Waals surface area contributed by atoms with Gasteiger partial charge in [0, 0.05) is 29.7 Å². The van der Waals surface area contributed by atoms with Crippen LogP contribution in [0.15, 0.2) is 22.7 Å². The normalized spacial score (nSPS) is 20.3. The number of fused-ring (bicyclic) bond motifs is 1. The van der Waals surface area contributed by atoms with Crippen molar-refractivity contribution in [2.24, 2.45) is 0 Å². The number of rotatable bonds is 5. The van der Waals surface area contributed by atoms with Crippen molar-refractivity contribution in [3.8, 4) is 5.75 Å². The maximum absolute atomic E-state index is 9.72. The number of benzene rings is 1. The van der Waals surface area contributed by atoms with E-state index in [-0.39, 0.29) is 6.04 Å². The van der Waals surface area contributed by atoms with E-state index in [0.717, 1.165) is 35.2 Å². The third-order valence-corrected chi connectivity index (χ3v) is 3.69. The van der Waals surface area contributed by atoms with Crippen molar-refractivity contribution in [2.75, 3.05) is 26.9 Å². The van der Waals surface area contributed by atoms with E-state index < -0.39 is 6.10 Å². The predicted octanol–water partition coefficient (Wildman–Crippen LogP) is 2.26. The van der Waals surface area contributed by atoms with Crippen molar-refractivity contribution < 1.29 is 14.6 Å². The molecule has 1 aliphatic rings. The number of nitrogens with one attached hydrogen (secondary N) is 1. The van der Waals surface area contributed by atoms with Gasteiger partial charge in [0.25, 0.3) is 0 Å². The minimum absolute atomic E-state index is 0.210. The first-order chi connectivity index (χ1) is 9.20. The lowest BCUT2D eigenvalue weighted by molar-refractivity contribution is 0.0625. The molecule has 1 heterocycles. The molecule has 2 N–H and O–H groups in total. The highest BCUT2D eigenvalue weighted by molar-refractivity contribution is 9.10. The molecule has 106 valence electrons. The molecule has 19 heavy (non-hydrogen) atoms. The Balaban J connectivity index is 2.06. The summed E-state index contributed by atoms with van der Waals surface area (Å²) in [6.07, 6.45) is 1.53. The van der Waals surface area contributed by atoms with Crippen LogP contribution in [0, 0.1) is 0 Å². The highest BCUT2D eigenvalue weighted by atomic mass is 79.9. The van der Waals surface area contributed by atoms with E-state index in [1.807, 2.05) is 12.1 Å². The van der Waals surface area contributed by atoms with Crippen molar-refractivity contribution in [3.63, 3.8) is 0 Å². The Morgan fingerprint density at radius 1 is 1.58 bits per heavy atom. The molecule has 0 bridgehead atoms. The maximum Gasteiger partial charge on any atom is 0.124 e. The number of methoxy groups -OCH3 is 1. The summed E-state index contributed by atoms with van der Waals surface area (Å²) in [7, 11) is 1.59. The Kier molecular flexibility index (Phi) is 5.63. The molecule has 5 heteroatoms. The number of hydrogen-bond donors (Lipinski definition) is 2. The zero-order chi connectivity index (χ0) is 13.7. The number of aliphatic hydroxyl groups excluding tert-OH is 1. The lowest BCUT2D eigenvalue weighted by Crippen LogP contribution is -2.32. The van der Waals surface area contributed by atoms with E-state index in [1.165, 1.54) is 0 Å². The molecule has 0 amide bonds. The average molecular weight is 330 g/mol. The van der Waals surface area contributed by atoms with Crippen molar-refractivity contribution >= 4 is 15.9 Å². The third kappa shape index (κ3) is 4.18. The molecule has 0 radical (unpaired) electrons. The number of hydrogen-bond acceptors (Lipinski definition) is 4. The lowest BCUT2D eigenvalue weighted by Gasteiger charge is -2.20. The SMILES string of the molecule is COC[C@@H](O)CNC1CCCOc2ccc(Br)cc21. The summed E-state index contributed by atoms with van der Waals surface area (Å²) in [4.78, 5) is 0. The van der Waals surface area contributed by atoms with Crippen LogP contribution in [0.25, 0.3) is 0 Å². The van der Waals surface area contributed by atoms with Crippen molar-refractivity contribution in [2.45, 2.75) is 25.0 Å². The van der Waals surface area contributed by atoms with Crippen molar-refractivity contribution in [1.29, 1.82) is 0 Å².